The van der Waals surface area contributed by atoms with Crippen molar-refractivity contribution in [3.05, 3.63) is 12.2 Å². The third-order valence-corrected chi connectivity index (χ3v) is 1.19. The molecular formula is C5H5ClN2. The maximum absolute atomic E-state index is 5.53. The van der Waals surface area contributed by atoms with Crippen molar-refractivity contribution in [1.82, 2.24) is 0 Å². The highest BCUT2D eigenvalue weighted by molar-refractivity contribution is 6.70. The number of aliphatic imine (C=N–C) groups is 2. The topological polar surface area (TPSA) is 24.7 Å². The molecule has 0 aromatic rings. The molecule has 0 N–H and O–H groups in total. The van der Waals surface area contributed by atoms with E-state index in [0.29, 0.717) is 11.7 Å². The molecule has 1 aliphatic heterocycles. The fraction of sp³-hybridized carbons (Fsp3) is 0.200. The van der Waals surface area contributed by atoms with Gasteiger partial charge in [-0.3, -0.25) is 4.99 Å². The fourth-order valence-corrected chi connectivity index (χ4v) is 0.502. The van der Waals surface area contributed by atoms with Gasteiger partial charge in [0.1, 0.15) is 11.5 Å². The van der Waals surface area contributed by atoms with Gasteiger partial charge in [0.25, 0.3) is 0 Å². The van der Waals surface area contributed by atoms with Crippen molar-refractivity contribution in [2.24, 2.45) is 9.98 Å². The van der Waals surface area contributed by atoms with Crippen LogP contribution in [-0.4, -0.2) is 18.1 Å². The molecule has 2 nitrogen and oxygen atoms in total. The minimum atomic E-state index is 0.472. The molecule has 0 aromatic carbocycles. The van der Waals surface area contributed by atoms with E-state index in [1.54, 1.807) is 0 Å². The molecule has 0 radical (unpaired) electrons. The van der Waals surface area contributed by atoms with Crippen LogP contribution in [0.4, 0.5) is 0 Å². The Kier molecular flexibility index (Phi) is 1.44. The molecule has 0 atom stereocenters. The zero-order chi connectivity index (χ0) is 5.98. The Morgan fingerprint density at radius 1 is 1.75 bits per heavy atom. The lowest BCUT2D eigenvalue weighted by Crippen LogP contribution is -2.01. The molecule has 1 aliphatic rings. The molecule has 8 heavy (non-hydrogen) atoms. The summed E-state index contributed by atoms with van der Waals surface area (Å²) in [7, 11) is 0. The van der Waals surface area contributed by atoms with E-state index in [0.717, 1.165) is 5.57 Å². The quantitative estimate of drug-likeness (QED) is 0.469. The Morgan fingerprint density at radius 3 is 2.88 bits per heavy atom. The predicted molar refractivity (Wildman–Crippen MR) is 35.8 cm³/mol. The Labute approximate surface area is 52.6 Å². The smallest absolute Gasteiger partial charge is 0.135 e. The molecule has 0 saturated heterocycles. The second-order valence-corrected chi connectivity index (χ2v) is 1.84. The Bertz CT molecular complexity index is 169. The van der Waals surface area contributed by atoms with Crippen LogP contribution in [0.2, 0.25) is 0 Å². The van der Waals surface area contributed by atoms with Crippen molar-refractivity contribution in [2.45, 2.75) is 0 Å². The number of halogens is 1. The lowest BCUT2D eigenvalue weighted by Gasteiger charge is -2.00. The van der Waals surface area contributed by atoms with Crippen molar-refractivity contribution < 1.29 is 0 Å². The molecule has 0 saturated carbocycles. The highest BCUT2D eigenvalue weighted by Gasteiger charge is 2.00. The summed E-state index contributed by atoms with van der Waals surface area (Å²) in [6.45, 7) is 4.20. The van der Waals surface area contributed by atoms with E-state index in [4.69, 9.17) is 11.6 Å². The van der Waals surface area contributed by atoms with Crippen LogP contribution in [0.5, 0.6) is 0 Å². The molecule has 0 fully saturated rings. The van der Waals surface area contributed by atoms with Crippen LogP contribution in [0.3, 0.4) is 0 Å². The van der Waals surface area contributed by atoms with Crippen LogP contribution in [0, 0.1) is 0 Å². The van der Waals surface area contributed by atoms with Crippen molar-refractivity contribution in [1.29, 1.82) is 0 Å². The molecule has 3 heteroatoms. The zero-order valence-corrected chi connectivity index (χ0v) is 5.02. The maximum Gasteiger partial charge on any atom is 0.135 e. The van der Waals surface area contributed by atoms with E-state index < -0.39 is 0 Å². The van der Waals surface area contributed by atoms with Crippen LogP contribution in [0.1, 0.15) is 0 Å². The molecule has 42 valence electrons. The monoisotopic (exact) mass is 128 g/mol. The summed E-state index contributed by atoms with van der Waals surface area (Å²) < 4.78 is 0. The molecule has 0 bridgehead atoms. The van der Waals surface area contributed by atoms with Crippen LogP contribution in [0.25, 0.3) is 0 Å². The lowest BCUT2D eigenvalue weighted by atomic mass is 10.3. The van der Waals surface area contributed by atoms with Gasteiger partial charge < -0.3 is 0 Å². The van der Waals surface area contributed by atoms with E-state index >= 15 is 0 Å². The second-order valence-electron chi connectivity index (χ2n) is 1.48. The summed E-state index contributed by atoms with van der Waals surface area (Å²) >= 11 is 5.53. The predicted octanol–water partition coefficient (Wildman–Crippen LogP) is 1.22. The standard InChI is InChI=1S/C5H5ClN2/c1-4-2-7-3-8-5(4)6/h3H,1-2H2. The van der Waals surface area contributed by atoms with Crippen LogP contribution >= 0.6 is 11.6 Å². The highest BCUT2D eigenvalue weighted by atomic mass is 35.5. The minimum absolute atomic E-state index is 0.472. The number of hydrogen-bond acceptors (Lipinski definition) is 2. The first-order valence-corrected chi connectivity index (χ1v) is 2.58. The summed E-state index contributed by atoms with van der Waals surface area (Å²) in [6, 6.07) is 0. The minimum Gasteiger partial charge on any atom is -0.269 e. The molecular weight excluding hydrogens is 124 g/mol. The van der Waals surface area contributed by atoms with Gasteiger partial charge in [0.2, 0.25) is 0 Å². The third-order valence-electron chi connectivity index (χ3n) is 0.827. The fourth-order valence-electron chi connectivity index (χ4n) is 0.399. The van der Waals surface area contributed by atoms with E-state index in [-0.39, 0.29) is 0 Å². The summed E-state index contributed by atoms with van der Waals surface area (Å²) in [6.07, 6.45) is 1.44. The highest BCUT2D eigenvalue weighted by Crippen LogP contribution is 2.03. The van der Waals surface area contributed by atoms with Crippen molar-refractivity contribution in [2.75, 3.05) is 6.54 Å². The molecule has 0 amide bonds. The van der Waals surface area contributed by atoms with Crippen LogP contribution in [0.15, 0.2) is 22.1 Å². The Balaban J connectivity index is 2.80. The Morgan fingerprint density at radius 2 is 2.50 bits per heavy atom. The molecule has 1 rings (SSSR count). The van der Waals surface area contributed by atoms with Crippen molar-refractivity contribution in [3.8, 4) is 0 Å². The first-order valence-electron chi connectivity index (χ1n) is 2.20. The largest absolute Gasteiger partial charge is 0.269 e. The first-order chi connectivity index (χ1) is 3.80. The van der Waals surface area contributed by atoms with E-state index in [2.05, 4.69) is 16.6 Å². The molecule has 0 aliphatic carbocycles. The van der Waals surface area contributed by atoms with Gasteiger partial charge in [0.15, 0.2) is 0 Å². The SMILES string of the molecule is C=C1CN=CN=C1Cl. The van der Waals surface area contributed by atoms with Gasteiger partial charge in [0, 0.05) is 5.57 Å². The molecule has 1 heterocycles. The van der Waals surface area contributed by atoms with Gasteiger partial charge in [-0.15, -0.1) is 0 Å². The number of rotatable bonds is 0. The summed E-state index contributed by atoms with van der Waals surface area (Å²) in [5, 5.41) is 0.472. The zero-order valence-electron chi connectivity index (χ0n) is 4.26. The number of nitrogens with zero attached hydrogens (tertiary/aromatic N) is 2. The van der Waals surface area contributed by atoms with Gasteiger partial charge in [-0.25, -0.2) is 4.99 Å². The van der Waals surface area contributed by atoms with E-state index in [9.17, 15) is 0 Å². The summed E-state index contributed by atoms with van der Waals surface area (Å²) in [4.78, 5) is 7.51. The van der Waals surface area contributed by atoms with Gasteiger partial charge in [-0.1, -0.05) is 18.2 Å². The first kappa shape index (κ1) is 5.51. The third kappa shape index (κ3) is 0.954. The van der Waals surface area contributed by atoms with Gasteiger partial charge in [-0.2, -0.15) is 0 Å². The molecule has 0 aromatic heterocycles. The normalized spacial score (nSPS) is 18.6. The molecule has 0 unspecified atom stereocenters. The van der Waals surface area contributed by atoms with E-state index in [1.807, 2.05) is 0 Å². The average Bonchev–Trinajstić information content (AvgIpc) is 1.77. The van der Waals surface area contributed by atoms with Gasteiger partial charge in [-0.05, 0) is 0 Å². The lowest BCUT2D eigenvalue weighted by molar-refractivity contribution is 1.20. The Hall–Kier alpha value is -0.630. The van der Waals surface area contributed by atoms with Crippen molar-refractivity contribution in [3.63, 3.8) is 0 Å². The summed E-state index contributed by atoms with van der Waals surface area (Å²) in [5.74, 6) is 0. The van der Waals surface area contributed by atoms with Gasteiger partial charge in [0.05, 0.1) is 6.54 Å². The number of hydrogen-bond donors (Lipinski definition) is 0. The van der Waals surface area contributed by atoms with Crippen LogP contribution < -0.4 is 0 Å². The van der Waals surface area contributed by atoms with Crippen molar-refractivity contribution >= 4 is 23.1 Å². The maximum atomic E-state index is 5.53. The molecule has 0 spiro atoms. The van der Waals surface area contributed by atoms with Gasteiger partial charge >= 0.3 is 0 Å². The second kappa shape index (κ2) is 2.09. The summed E-state index contributed by atoms with van der Waals surface area (Å²) in [5.41, 5.74) is 0.786. The van der Waals surface area contributed by atoms with Crippen LogP contribution in [-0.2, 0) is 0 Å². The van der Waals surface area contributed by atoms with E-state index in [1.165, 1.54) is 6.34 Å². The average molecular weight is 129 g/mol.